The Morgan fingerprint density at radius 2 is 1.44 bits per heavy atom. The normalized spacial score (nSPS) is 11.7. The molecule has 0 saturated carbocycles. The van der Waals surface area contributed by atoms with Gasteiger partial charge in [0, 0.05) is 36.3 Å². The van der Waals surface area contributed by atoms with E-state index in [0.29, 0.717) is 47.9 Å². The topological polar surface area (TPSA) is 183 Å². The van der Waals surface area contributed by atoms with Crippen molar-refractivity contribution in [3.05, 3.63) is 148 Å². The van der Waals surface area contributed by atoms with Crippen LogP contribution in [0.3, 0.4) is 0 Å². The Hall–Kier alpha value is -6.91. The van der Waals surface area contributed by atoms with Gasteiger partial charge in [-0.25, -0.2) is 9.36 Å². The molecule has 16 nitrogen and oxygen atoms in total. The number of carbonyl (C=O) groups is 1. The van der Waals surface area contributed by atoms with Crippen LogP contribution in [0.25, 0.3) is 17.1 Å². The van der Waals surface area contributed by atoms with Crippen molar-refractivity contribution in [3.8, 4) is 40.1 Å². The molecule has 272 valence electrons. The molecular formula is C37H30ClN9O7. The number of fused-ring (bicyclic) bond motifs is 1. The Labute approximate surface area is 311 Å². The lowest BCUT2D eigenvalue weighted by Crippen LogP contribution is -2.23. The van der Waals surface area contributed by atoms with Gasteiger partial charge in [-0.1, -0.05) is 22.0 Å². The number of rotatable bonds is 11. The third kappa shape index (κ3) is 8.25. The van der Waals surface area contributed by atoms with Crippen molar-refractivity contribution in [3.63, 3.8) is 0 Å². The van der Waals surface area contributed by atoms with Crippen LogP contribution in [0.5, 0.6) is 23.0 Å². The van der Waals surface area contributed by atoms with Crippen molar-refractivity contribution in [1.82, 2.24) is 44.5 Å². The highest BCUT2D eigenvalue weighted by Gasteiger charge is 2.16. The van der Waals surface area contributed by atoms with Crippen molar-refractivity contribution >= 4 is 17.9 Å². The zero-order valence-corrected chi connectivity index (χ0v) is 29.1. The molecule has 0 fully saturated rings. The summed E-state index contributed by atoms with van der Waals surface area (Å²) >= 11 is 6.40. The highest BCUT2D eigenvalue weighted by atomic mass is 35.5. The van der Waals surface area contributed by atoms with E-state index in [9.17, 15) is 9.59 Å². The molecule has 8 rings (SSSR count). The zero-order chi connectivity index (χ0) is 37.3. The number of benzene rings is 2. The van der Waals surface area contributed by atoms with Crippen LogP contribution >= 0.6 is 11.6 Å². The number of ether oxygens (including phenoxy) is 4. The van der Waals surface area contributed by atoms with E-state index in [1.165, 1.54) is 16.7 Å². The SMILES string of the molecule is O=Cc1cc(Cl)c(OCc2cccn(-c3ccc4c(c3)OCCO4)c2=O)cc1OCc1cncc(-n2ccnn2)c1.OCc1cncc(-n2ccnn2)c1. The van der Waals surface area contributed by atoms with Crippen molar-refractivity contribution in [1.29, 1.82) is 0 Å². The van der Waals surface area contributed by atoms with Crippen molar-refractivity contribution in [2.45, 2.75) is 19.8 Å². The number of nitrogens with zero attached hydrogens (tertiary/aromatic N) is 9. The van der Waals surface area contributed by atoms with Gasteiger partial charge in [0.15, 0.2) is 17.8 Å². The summed E-state index contributed by atoms with van der Waals surface area (Å²) in [5.41, 5.74) is 4.03. The van der Waals surface area contributed by atoms with Crippen LogP contribution in [0, 0.1) is 0 Å². The second-order valence-corrected chi connectivity index (χ2v) is 11.9. The number of hydrogen-bond donors (Lipinski definition) is 1. The second-order valence-electron chi connectivity index (χ2n) is 11.5. The van der Waals surface area contributed by atoms with Crippen molar-refractivity contribution in [2.75, 3.05) is 13.2 Å². The number of aldehydes is 1. The lowest BCUT2D eigenvalue weighted by atomic mass is 10.2. The van der Waals surface area contributed by atoms with Gasteiger partial charge in [-0.05, 0) is 48.0 Å². The first-order valence-corrected chi connectivity index (χ1v) is 16.7. The smallest absolute Gasteiger partial charge is 0.261 e. The summed E-state index contributed by atoms with van der Waals surface area (Å²) in [6, 6.07) is 15.4. The largest absolute Gasteiger partial charge is 0.488 e. The highest BCUT2D eigenvalue weighted by Crippen LogP contribution is 2.34. The highest BCUT2D eigenvalue weighted by molar-refractivity contribution is 6.32. The van der Waals surface area contributed by atoms with Crippen LogP contribution in [-0.2, 0) is 19.8 Å². The van der Waals surface area contributed by atoms with Crippen LogP contribution in [0.1, 0.15) is 27.0 Å². The van der Waals surface area contributed by atoms with Gasteiger partial charge < -0.3 is 24.1 Å². The molecule has 1 aliphatic heterocycles. The molecule has 1 N–H and O–H groups in total. The molecule has 0 unspecified atom stereocenters. The van der Waals surface area contributed by atoms with E-state index < -0.39 is 0 Å². The van der Waals surface area contributed by atoms with Gasteiger partial charge >= 0.3 is 0 Å². The molecule has 0 bridgehead atoms. The number of hydrogen-bond acceptors (Lipinski definition) is 13. The molecule has 54 heavy (non-hydrogen) atoms. The number of aromatic nitrogens is 9. The van der Waals surface area contributed by atoms with E-state index in [1.54, 1.807) is 95.5 Å². The summed E-state index contributed by atoms with van der Waals surface area (Å²) in [6.45, 7) is 0.969. The quantitative estimate of drug-likeness (QED) is 0.184. The summed E-state index contributed by atoms with van der Waals surface area (Å²) in [4.78, 5) is 33.2. The fourth-order valence-electron chi connectivity index (χ4n) is 5.28. The molecule has 1 aliphatic rings. The predicted molar refractivity (Wildman–Crippen MR) is 193 cm³/mol. The molecular weight excluding hydrogens is 718 g/mol. The van der Waals surface area contributed by atoms with E-state index in [1.807, 2.05) is 12.1 Å². The first-order valence-electron chi connectivity index (χ1n) is 16.4. The van der Waals surface area contributed by atoms with E-state index >= 15 is 0 Å². The van der Waals surface area contributed by atoms with E-state index in [0.717, 1.165) is 16.8 Å². The Kier molecular flexibility index (Phi) is 10.9. The van der Waals surface area contributed by atoms with Crippen molar-refractivity contribution < 1.29 is 28.8 Å². The molecule has 0 radical (unpaired) electrons. The predicted octanol–water partition coefficient (Wildman–Crippen LogP) is 4.36. The van der Waals surface area contributed by atoms with Gasteiger partial charge in [-0.3, -0.25) is 24.1 Å². The fraction of sp³-hybridized carbons (Fsp3) is 0.135. The second kappa shape index (κ2) is 16.6. The summed E-state index contributed by atoms with van der Waals surface area (Å²) < 4.78 is 27.8. The van der Waals surface area contributed by atoms with Crippen LogP contribution < -0.4 is 24.5 Å². The lowest BCUT2D eigenvalue weighted by Gasteiger charge is -2.19. The summed E-state index contributed by atoms with van der Waals surface area (Å²) in [6.07, 6.45) is 15.5. The third-order valence-corrected chi connectivity index (χ3v) is 8.21. The minimum absolute atomic E-state index is 0.0183. The van der Waals surface area contributed by atoms with Gasteiger partial charge in [0.2, 0.25) is 0 Å². The first kappa shape index (κ1) is 35.5. The lowest BCUT2D eigenvalue weighted by molar-refractivity contribution is 0.111. The Morgan fingerprint density at radius 3 is 2.13 bits per heavy atom. The third-order valence-electron chi connectivity index (χ3n) is 7.92. The van der Waals surface area contributed by atoms with Crippen LogP contribution in [-0.4, -0.2) is 69.1 Å². The molecule has 5 aromatic heterocycles. The maximum Gasteiger partial charge on any atom is 0.261 e. The standard InChI is InChI=1S/C29H22ClN5O6.C8H8N4O/c30-24-11-21(16-36)26(40-17-19-10-23(15-31-14-19)35-7-5-32-33-35)13-27(24)41-18-20-2-1-6-34(29(20)37)22-3-4-25-28(12-22)39-9-8-38-25;13-6-7-3-8(5-9-4-7)12-2-1-10-11-12/h1-7,10-16H,8-9,17-18H2;1-5,13H,6H2. The maximum atomic E-state index is 13.3. The molecule has 17 heteroatoms. The maximum absolute atomic E-state index is 13.3. The van der Waals surface area contributed by atoms with E-state index in [4.69, 9.17) is 35.7 Å². The number of pyridine rings is 3. The van der Waals surface area contributed by atoms with Gasteiger partial charge in [-0.15, -0.1) is 10.2 Å². The molecule has 0 saturated heterocycles. The average molecular weight is 748 g/mol. The molecule has 0 atom stereocenters. The van der Waals surface area contributed by atoms with Gasteiger partial charge in [0.05, 0.1) is 77.0 Å². The Balaban J connectivity index is 0.000000291. The number of aliphatic hydroxyl groups excluding tert-OH is 1. The Morgan fingerprint density at radius 1 is 0.759 bits per heavy atom. The van der Waals surface area contributed by atoms with Gasteiger partial charge in [-0.2, -0.15) is 0 Å². The molecule has 7 aromatic rings. The number of carbonyl (C=O) groups excluding carboxylic acids is 1. The van der Waals surface area contributed by atoms with E-state index in [2.05, 4.69) is 30.6 Å². The van der Waals surface area contributed by atoms with E-state index in [-0.39, 0.29) is 47.5 Å². The summed E-state index contributed by atoms with van der Waals surface area (Å²) in [7, 11) is 0. The molecule has 6 heterocycles. The minimum atomic E-state index is -0.263. The minimum Gasteiger partial charge on any atom is -0.488 e. The van der Waals surface area contributed by atoms with Crippen molar-refractivity contribution in [2.24, 2.45) is 0 Å². The molecule has 2 aromatic carbocycles. The fourth-order valence-corrected chi connectivity index (χ4v) is 5.51. The summed E-state index contributed by atoms with van der Waals surface area (Å²) in [5.74, 6) is 1.75. The first-order chi connectivity index (χ1) is 26.5. The molecule has 0 aliphatic carbocycles. The van der Waals surface area contributed by atoms with Gasteiger partial charge in [0.25, 0.3) is 5.56 Å². The number of halogens is 1. The number of aliphatic hydroxyl groups is 1. The van der Waals surface area contributed by atoms with Crippen LogP contribution in [0.15, 0.2) is 115 Å². The molecule has 0 amide bonds. The Bertz CT molecular complexity index is 2420. The molecule has 0 spiro atoms. The average Bonchev–Trinajstić information content (AvgIpc) is 3.97. The summed E-state index contributed by atoms with van der Waals surface area (Å²) in [5, 5.41) is 24.3. The van der Waals surface area contributed by atoms with Crippen LogP contribution in [0.2, 0.25) is 5.02 Å². The monoisotopic (exact) mass is 747 g/mol. The van der Waals surface area contributed by atoms with Gasteiger partial charge in [0.1, 0.15) is 37.9 Å². The van der Waals surface area contributed by atoms with Crippen LogP contribution in [0.4, 0.5) is 0 Å². The zero-order valence-electron chi connectivity index (χ0n) is 28.3.